The molecule has 0 heterocycles. The molecule has 0 bridgehead atoms. The molecule has 0 atom stereocenters. The molecule has 0 saturated heterocycles. The maximum absolute atomic E-state index is 3.89. The summed E-state index contributed by atoms with van der Waals surface area (Å²) in [6.07, 6.45) is 24.3. The first-order valence-corrected chi connectivity index (χ1v) is 9.71. The summed E-state index contributed by atoms with van der Waals surface area (Å²) >= 11 is 0. The van der Waals surface area contributed by atoms with Gasteiger partial charge in [0.1, 0.15) is 0 Å². The SMILES string of the molecule is CC(C)CCCCCCC/C=C\CCCCCCCC[NH3+].[OH-]. The van der Waals surface area contributed by atoms with Gasteiger partial charge in [0.25, 0.3) is 0 Å². The van der Waals surface area contributed by atoms with Crippen molar-refractivity contribution in [1.29, 1.82) is 0 Å². The van der Waals surface area contributed by atoms with Gasteiger partial charge in [0.2, 0.25) is 0 Å². The highest BCUT2D eigenvalue weighted by molar-refractivity contribution is 4.81. The van der Waals surface area contributed by atoms with E-state index in [9.17, 15) is 0 Å². The van der Waals surface area contributed by atoms with Crippen molar-refractivity contribution >= 4 is 0 Å². The van der Waals surface area contributed by atoms with Gasteiger partial charge in [-0.05, 0) is 44.4 Å². The average molecular weight is 314 g/mol. The Kier molecular flexibility index (Phi) is 22.5. The summed E-state index contributed by atoms with van der Waals surface area (Å²) < 4.78 is 0. The van der Waals surface area contributed by atoms with Gasteiger partial charge in [0, 0.05) is 0 Å². The van der Waals surface area contributed by atoms with E-state index in [-0.39, 0.29) is 5.48 Å². The molecule has 22 heavy (non-hydrogen) atoms. The standard InChI is InChI=1S/C20H41N.H2O/c1-20(2)18-16-14-12-10-8-6-4-3-5-7-9-11-13-15-17-19-21;/h3-4,20H,5-19,21H2,1-2H3;1H2/b4-3-;. The van der Waals surface area contributed by atoms with Gasteiger partial charge in [-0.1, -0.05) is 77.4 Å². The summed E-state index contributed by atoms with van der Waals surface area (Å²) in [5.74, 6) is 0.886. The first-order valence-electron chi connectivity index (χ1n) is 9.71. The lowest BCUT2D eigenvalue weighted by molar-refractivity contribution is -0.368. The summed E-state index contributed by atoms with van der Waals surface area (Å²) in [5.41, 5.74) is 3.89. The minimum absolute atomic E-state index is 0. The van der Waals surface area contributed by atoms with Gasteiger partial charge in [-0.15, -0.1) is 0 Å². The zero-order valence-electron chi connectivity index (χ0n) is 15.5. The third-order valence-corrected chi connectivity index (χ3v) is 4.19. The van der Waals surface area contributed by atoms with E-state index in [1.165, 1.54) is 89.9 Å². The lowest BCUT2D eigenvalue weighted by atomic mass is 10.0. The van der Waals surface area contributed by atoms with E-state index in [1.807, 2.05) is 0 Å². The molecule has 0 aliphatic heterocycles. The Hall–Kier alpha value is -0.340. The van der Waals surface area contributed by atoms with Crippen molar-refractivity contribution in [2.45, 2.75) is 104 Å². The van der Waals surface area contributed by atoms with Crippen LogP contribution >= 0.6 is 0 Å². The van der Waals surface area contributed by atoms with Crippen molar-refractivity contribution in [2.24, 2.45) is 5.92 Å². The molecular weight excluding hydrogens is 270 g/mol. The normalized spacial score (nSPS) is 11.3. The predicted molar refractivity (Wildman–Crippen MR) is 98.3 cm³/mol. The van der Waals surface area contributed by atoms with Gasteiger partial charge in [0.05, 0.1) is 6.54 Å². The van der Waals surface area contributed by atoms with E-state index >= 15 is 0 Å². The summed E-state index contributed by atoms with van der Waals surface area (Å²) in [6.45, 7) is 5.77. The molecule has 4 N–H and O–H groups in total. The van der Waals surface area contributed by atoms with Crippen LogP contribution in [-0.2, 0) is 0 Å². The van der Waals surface area contributed by atoms with Gasteiger partial charge in [-0.25, -0.2) is 0 Å². The van der Waals surface area contributed by atoms with Crippen LogP contribution in [0.5, 0.6) is 0 Å². The van der Waals surface area contributed by atoms with Crippen LogP contribution < -0.4 is 5.73 Å². The number of allylic oxidation sites excluding steroid dienone is 2. The summed E-state index contributed by atoms with van der Waals surface area (Å²) in [6, 6.07) is 0. The van der Waals surface area contributed by atoms with Crippen molar-refractivity contribution in [3.8, 4) is 0 Å². The van der Waals surface area contributed by atoms with Gasteiger partial charge < -0.3 is 11.2 Å². The van der Waals surface area contributed by atoms with Crippen LogP contribution in [0.15, 0.2) is 12.2 Å². The molecule has 0 radical (unpaired) electrons. The summed E-state index contributed by atoms with van der Waals surface area (Å²) in [4.78, 5) is 0. The van der Waals surface area contributed by atoms with E-state index in [0.29, 0.717) is 0 Å². The monoisotopic (exact) mass is 313 g/mol. The predicted octanol–water partition coefficient (Wildman–Crippen LogP) is 5.73. The van der Waals surface area contributed by atoms with Crippen molar-refractivity contribution in [1.82, 2.24) is 0 Å². The molecule has 0 aliphatic carbocycles. The molecule has 0 aromatic rings. The van der Waals surface area contributed by atoms with E-state index in [1.54, 1.807) is 0 Å². The quantitative estimate of drug-likeness (QED) is 0.287. The Morgan fingerprint density at radius 1 is 0.636 bits per heavy atom. The highest BCUT2D eigenvalue weighted by Gasteiger charge is 1.94. The molecule has 0 aromatic carbocycles. The number of hydrogen-bond acceptors (Lipinski definition) is 1. The Labute approximate surface area is 140 Å². The molecule has 0 fully saturated rings. The van der Waals surface area contributed by atoms with Crippen LogP contribution in [0, 0.1) is 5.92 Å². The zero-order valence-corrected chi connectivity index (χ0v) is 15.5. The molecule has 0 amide bonds. The van der Waals surface area contributed by atoms with Gasteiger partial charge in [-0.2, -0.15) is 0 Å². The fourth-order valence-electron chi connectivity index (χ4n) is 2.73. The number of rotatable bonds is 16. The molecule has 2 heteroatoms. The Balaban J connectivity index is 0. The Morgan fingerprint density at radius 3 is 1.50 bits per heavy atom. The Bertz CT molecular complexity index is 214. The first kappa shape index (κ1) is 23.9. The van der Waals surface area contributed by atoms with Gasteiger partial charge >= 0.3 is 0 Å². The third kappa shape index (κ3) is 21.9. The minimum atomic E-state index is 0. The number of unbranched alkanes of at least 4 members (excludes halogenated alkanes) is 11. The van der Waals surface area contributed by atoms with E-state index in [0.717, 1.165) is 12.5 Å². The minimum Gasteiger partial charge on any atom is -0.870 e. The topological polar surface area (TPSA) is 57.6 Å². The fourth-order valence-corrected chi connectivity index (χ4v) is 2.73. The molecule has 0 rings (SSSR count). The second-order valence-electron chi connectivity index (χ2n) is 6.97. The molecule has 0 unspecified atom stereocenters. The van der Waals surface area contributed by atoms with E-state index in [2.05, 4.69) is 31.7 Å². The van der Waals surface area contributed by atoms with Crippen molar-refractivity contribution in [2.75, 3.05) is 6.54 Å². The third-order valence-electron chi connectivity index (χ3n) is 4.19. The number of hydrogen-bond donors (Lipinski definition) is 1. The van der Waals surface area contributed by atoms with Gasteiger partial charge in [0.15, 0.2) is 0 Å². The molecular formula is C20H43NO. The van der Waals surface area contributed by atoms with Crippen LogP contribution in [0.4, 0.5) is 0 Å². The maximum atomic E-state index is 3.89. The maximum Gasteiger partial charge on any atom is 0.0739 e. The highest BCUT2D eigenvalue weighted by atomic mass is 16.0. The lowest BCUT2D eigenvalue weighted by Gasteiger charge is -2.03. The largest absolute Gasteiger partial charge is 0.870 e. The van der Waals surface area contributed by atoms with Crippen LogP contribution in [0.25, 0.3) is 0 Å². The summed E-state index contributed by atoms with van der Waals surface area (Å²) in [7, 11) is 0. The van der Waals surface area contributed by atoms with Crippen LogP contribution in [0.2, 0.25) is 0 Å². The van der Waals surface area contributed by atoms with Crippen molar-refractivity contribution in [3.05, 3.63) is 12.2 Å². The van der Waals surface area contributed by atoms with Crippen LogP contribution in [0.1, 0.15) is 104 Å². The molecule has 134 valence electrons. The van der Waals surface area contributed by atoms with Crippen molar-refractivity contribution in [3.63, 3.8) is 0 Å². The first-order chi connectivity index (χ1) is 10.3. The molecule has 0 aliphatic rings. The zero-order chi connectivity index (χ0) is 15.6. The Morgan fingerprint density at radius 2 is 1.05 bits per heavy atom. The second kappa shape index (κ2) is 20.7. The second-order valence-corrected chi connectivity index (χ2v) is 6.97. The number of quaternary nitrogens is 1. The van der Waals surface area contributed by atoms with E-state index in [4.69, 9.17) is 0 Å². The molecule has 0 aromatic heterocycles. The smallest absolute Gasteiger partial charge is 0.0739 e. The molecule has 0 saturated carbocycles. The van der Waals surface area contributed by atoms with E-state index < -0.39 is 0 Å². The van der Waals surface area contributed by atoms with Crippen LogP contribution in [-0.4, -0.2) is 12.0 Å². The average Bonchev–Trinajstić information content (AvgIpc) is 2.46. The fraction of sp³-hybridized carbons (Fsp3) is 0.900. The highest BCUT2D eigenvalue weighted by Crippen LogP contribution is 2.12. The van der Waals surface area contributed by atoms with Crippen molar-refractivity contribution < 1.29 is 11.2 Å². The van der Waals surface area contributed by atoms with Gasteiger partial charge in [-0.3, -0.25) is 0 Å². The molecule has 0 spiro atoms. The summed E-state index contributed by atoms with van der Waals surface area (Å²) in [5, 5.41) is 0. The lowest BCUT2D eigenvalue weighted by Crippen LogP contribution is -2.50. The van der Waals surface area contributed by atoms with Crippen LogP contribution in [0.3, 0.4) is 0 Å². The molecule has 2 nitrogen and oxygen atoms in total.